The molecule has 0 aliphatic rings. The molecule has 0 aromatic heterocycles. The van der Waals surface area contributed by atoms with Gasteiger partial charge in [0, 0.05) is 2.74 Å². The Morgan fingerprint density at radius 1 is 1.67 bits per heavy atom. The Labute approximate surface area is 42.3 Å². The van der Waals surface area contributed by atoms with Gasteiger partial charge in [-0.2, -0.15) is 0 Å². The highest BCUT2D eigenvalue weighted by Gasteiger charge is 2.03. The Morgan fingerprint density at radius 3 is 1.83 bits per heavy atom. The highest BCUT2D eigenvalue weighted by Crippen LogP contribution is 2.07. The highest BCUT2D eigenvalue weighted by molar-refractivity contribution is 4.59. The second-order valence-electron chi connectivity index (χ2n) is 2.39. The summed E-state index contributed by atoms with van der Waals surface area (Å²) in [6.07, 6.45) is 0. The molecule has 0 amide bonds. The molecular weight excluding hydrogens is 74.1 g/mol. The van der Waals surface area contributed by atoms with Gasteiger partial charge in [0.2, 0.25) is 0 Å². The molecule has 6 heavy (non-hydrogen) atoms. The van der Waals surface area contributed by atoms with Crippen LogP contribution in [0.1, 0.15) is 23.5 Å². The summed E-state index contributed by atoms with van der Waals surface area (Å²) < 4.78 is 14.1. The molecule has 0 aromatic carbocycles. The molecule has 0 aromatic rings. The second kappa shape index (κ2) is 1.61. The van der Waals surface area contributed by atoms with Gasteiger partial charge in [-0.1, -0.05) is 20.8 Å². The molecule has 0 saturated heterocycles. The topological polar surface area (TPSA) is 26.0 Å². The zero-order valence-electron chi connectivity index (χ0n) is 6.58. The van der Waals surface area contributed by atoms with Crippen molar-refractivity contribution in [3.63, 3.8) is 0 Å². The Kier molecular flexibility index (Phi) is 0.810. The first-order valence-electron chi connectivity index (χ1n) is 3.04. The van der Waals surface area contributed by atoms with Crippen LogP contribution in [0.3, 0.4) is 0 Å². The van der Waals surface area contributed by atoms with Crippen molar-refractivity contribution in [2.45, 2.75) is 20.8 Å². The van der Waals surface area contributed by atoms with Crippen molar-refractivity contribution < 1.29 is 2.74 Å². The Morgan fingerprint density at radius 2 is 1.83 bits per heavy atom. The molecule has 0 atom stereocenters. The van der Waals surface area contributed by atoms with Crippen LogP contribution in [0.5, 0.6) is 0 Å². The van der Waals surface area contributed by atoms with Crippen molar-refractivity contribution in [2.24, 2.45) is 11.1 Å². The van der Waals surface area contributed by atoms with E-state index in [1.165, 1.54) is 0 Å². The minimum atomic E-state index is -1.56. The molecule has 38 valence electrons. The van der Waals surface area contributed by atoms with E-state index in [0.717, 1.165) is 0 Å². The van der Waals surface area contributed by atoms with Crippen molar-refractivity contribution in [1.82, 2.24) is 0 Å². The van der Waals surface area contributed by atoms with Crippen LogP contribution in [-0.4, -0.2) is 6.50 Å². The normalized spacial score (nSPS) is 19.3. The van der Waals surface area contributed by atoms with Crippen LogP contribution in [0.15, 0.2) is 0 Å². The van der Waals surface area contributed by atoms with Crippen LogP contribution in [0.2, 0.25) is 0 Å². The summed E-state index contributed by atoms with van der Waals surface area (Å²) in [6.45, 7) is 3.75. The smallest absolute Gasteiger partial charge is 0.0431 e. The zero-order chi connectivity index (χ0) is 7.00. The quantitative estimate of drug-likeness (QED) is 0.470. The molecule has 0 radical (unpaired) electrons. The Balaban J connectivity index is 4.02. The van der Waals surface area contributed by atoms with Crippen LogP contribution in [-0.2, 0) is 0 Å². The molecule has 0 heterocycles. The summed E-state index contributed by atoms with van der Waals surface area (Å²) in [7, 11) is 0. The summed E-state index contributed by atoms with van der Waals surface area (Å²) >= 11 is 0. The number of hydrogen-bond acceptors (Lipinski definition) is 1. The average molecular weight is 89.2 g/mol. The summed E-state index contributed by atoms with van der Waals surface area (Å²) in [5.41, 5.74) is 4.69. The van der Waals surface area contributed by atoms with Crippen molar-refractivity contribution in [1.29, 1.82) is 0 Å². The lowest BCUT2D eigenvalue weighted by molar-refractivity contribution is 0.428. The van der Waals surface area contributed by atoms with E-state index in [2.05, 4.69) is 0 Å². The lowest BCUT2D eigenvalue weighted by atomic mass is 9.98. The average Bonchev–Trinajstić information content (AvgIpc) is 1.25. The maximum Gasteiger partial charge on any atom is 0.0431 e. The van der Waals surface area contributed by atoms with Crippen molar-refractivity contribution >= 4 is 0 Å². The second-order valence-corrected chi connectivity index (χ2v) is 2.39. The third-order valence-electron chi connectivity index (χ3n) is 0.433. The van der Waals surface area contributed by atoms with Crippen LogP contribution >= 0.6 is 0 Å². The molecule has 1 heteroatoms. The van der Waals surface area contributed by atoms with Crippen LogP contribution in [0, 0.1) is 5.41 Å². The third kappa shape index (κ3) is 3.96. The predicted molar refractivity (Wildman–Crippen MR) is 28.5 cm³/mol. The van der Waals surface area contributed by atoms with E-state index in [0.29, 0.717) is 0 Å². The van der Waals surface area contributed by atoms with Gasteiger partial charge in [0.05, 0.1) is 0 Å². The zero-order valence-corrected chi connectivity index (χ0v) is 4.58. The summed E-state index contributed by atoms with van der Waals surface area (Å²) in [5.74, 6) is 0. The maximum absolute atomic E-state index is 7.03. The molecule has 0 aliphatic heterocycles. The molecule has 0 saturated carbocycles. The molecule has 0 rings (SSSR count). The molecule has 0 unspecified atom stereocenters. The van der Waals surface area contributed by atoms with Gasteiger partial charge in [0.15, 0.2) is 0 Å². The highest BCUT2D eigenvalue weighted by atomic mass is 14.6. The number of hydrogen-bond donors (Lipinski definition) is 1. The van der Waals surface area contributed by atoms with E-state index < -0.39 is 11.9 Å². The Hall–Kier alpha value is -0.0400. The van der Waals surface area contributed by atoms with E-state index in [-0.39, 0.29) is 0 Å². The molecule has 0 fully saturated rings. The van der Waals surface area contributed by atoms with Gasteiger partial charge in [0.1, 0.15) is 0 Å². The molecule has 0 bridgehead atoms. The summed E-state index contributed by atoms with van der Waals surface area (Å²) in [5, 5.41) is 0. The fourth-order valence-corrected chi connectivity index (χ4v) is 0. The maximum atomic E-state index is 7.03. The third-order valence-corrected chi connectivity index (χ3v) is 0.433. The van der Waals surface area contributed by atoms with Crippen LogP contribution in [0.25, 0.3) is 0 Å². The minimum absolute atomic E-state index is 0.451. The van der Waals surface area contributed by atoms with Crippen LogP contribution < -0.4 is 5.73 Å². The molecule has 0 aliphatic carbocycles. The first-order valence-corrected chi connectivity index (χ1v) is 2.04. The van der Waals surface area contributed by atoms with Gasteiger partial charge in [-0.05, 0) is 11.9 Å². The lowest BCUT2D eigenvalue weighted by Crippen LogP contribution is -2.18. The molecule has 2 N–H and O–H groups in total. The summed E-state index contributed by atoms with van der Waals surface area (Å²) in [6, 6.07) is 0. The monoisotopic (exact) mass is 89.1 g/mol. The first kappa shape index (κ1) is 3.03. The van der Waals surface area contributed by atoms with Gasteiger partial charge in [-0.25, -0.2) is 0 Å². The van der Waals surface area contributed by atoms with E-state index >= 15 is 0 Å². The van der Waals surface area contributed by atoms with E-state index in [4.69, 9.17) is 8.48 Å². The van der Waals surface area contributed by atoms with Gasteiger partial charge in [-0.15, -0.1) is 0 Å². The number of rotatable bonds is 0. The Bertz CT molecular complexity index is 65.4. The van der Waals surface area contributed by atoms with Crippen molar-refractivity contribution in [3.8, 4) is 0 Å². The van der Waals surface area contributed by atoms with Gasteiger partial charge < -0.3 is 5.73 Å². The van der Waals surface area contributed by atoms with Gasteiger partial charge in [-0.3, -0.25) is 0 Å². The summed E-state index contributed by atoms with van der Waals surface area (Å²) in [4.78, 5) is 0. The fraction of sp³-hybridized carbons (Fsp3) is 1.00. The van der Waals surface area contributed by atoms with Gasteiger partial charge in [0.25, 0.3) is 0 Å². The van der Waals surface area contributed by atoms with Crippen LogP contribution in [0.4, 0.5) is 0 Å². The standard InChI is InChI=1S/C5H13N/c1-5(2,3)4-6/h4,6H2,1-3H3/i4D2. The van der Waals surface area contributed by atoms with Gasteiger partial charge >= 0.3 is 0 Å². The molecule has 1 nitrogen and oxygen atoms in total. The molecule has 0 spiro atoms. The first-order chi connectivity index (χ1) is 3.25. The lowest BCUT2D eigenvalue weighted by Gasteiger charge is -2.12. The van der Waals surface area contributed by atoms with Crippen molar-refractivity contribution in [2.75, 3.05) is 6.50 Å². The largest absolute Gasteiger partial charge is 0.330 e. The van der Waals surface area contributed by atoms with E-state index in [1.807, 2.05) is 0 Å². The molecular formula is C5H13N. The van der Waals surface area contributed by atoms with Crippen molar-refractivity contribution in [3.05, 3.63) is 0 Å². The van der Waals surface area contributed by atoms with E-state index in [9.17, 15) is 0 Å². The number of nitrogens with two attached hydrogens (primary N) is 1. The predicted octanol–water partition coefficient (Wildman–Crippen LogP) is 0.991. The van der Waals surface area contributed by atoms with E-state index in [1.54, 1.807) is 20.8 Å². The SMILES string of the molecule is [2H]C([2H])(N)C(C)(C)C. The minimum Gasteiger partial charge on any atom is -0.330 e. The fourth-order valence-electron chi connectivity index (χ4n) is 0.